The average molecular weight is 337 g/mol. The van der Waals surface area contributed by atoms with Gasteiger partial charge in [-0.2, -0.15) is 0 Å². The van der Waals surface area contributed by atoms with Crippen molar-refractivity contribution in [1.82, 2.24) is 5.32 Å². The van der Waals surface area contributed by atoms with Crippen molar-refractivity contribution in [3.63, 3.8) is 0 Å². The highest BCUT2D eigenvalue weighted by molar-refractivity contribution is 14.1. The van der Waals surface area contributed by atoms with Crippen LogP contribution in [-0.2, 0) is 0 Å². The van der Waals surface area contributed by atoms with Gasteiger partial charge in [0, 0.05) is 6.04 Å². The van der Waals surface area contributed by atoms with Crippen molar-refractivity contribution in [3.8, 4) is 0 Å². The third-order valence-electron chi connectivity index (χ3n) is 2.34. The summed E-state index contributed by atoms with van der Waals surface area (Å²) in [6.07, 6.45) is 2.43. The molecule has 1 aromatic rings. The van der Waals surface area contributed by atoms with Crippen LogP contribution in [0.2, 0.25) is 0 Å². The molecule has 1 nitrogen and oxygen atoms in total. The Kier molecular flexibility index (Phi) is 6.16. The van der Waals surface area contributed by atoms with Gasteiger partial charge >= 0.3 is 0 Å². The minimum absolute atomic E-state index is 0.546. The molecule has 15 heavy (non-hydrogen) atoms. The van der Waals surface area contributed by atoms with E-state index in [1.54, 1.807) is 0 Å². The lowest BCUT2D eigenvalue weighted by Crippen LogP contribution is -2.23. The van der Waals surface area contributed by atoms with Crippen molar-refractivity contribution in [3.05, 3.63) is 19.9 Å². The van der Waals surface area contributed by atoms with Crippen molar-refractivity contribution in [2.24, 2.45) is 5.92 Å². The van der Waals surface area contributed by atoms with Crippen molar-refractivity contribution >= 4 is 33.9 Å². The van der Waals surface area contributed by atoms with Crippen LogP contribution in [0.3, 0.4) is 0 Å². The zero-order valence-electron chi connectivity index (χ0n) is 9.72. The van der Waals surface area contributed by atoms with Gasteiger partial charge in [-0.05, 0) is 64.9 Å². The Bertz CT molecular complexity index is 283. The van der Waals surface area contributed by atoms with Gasteiger partial charge in [-0.1, -0.05) is 20.8 Å². The maximum absolute atomic E-state index is 3.63. The quantitative estimate of drug-likeness (QED) is 0.757. The zero-order valence-corrected chi connectivity index (χ0v) is 12.7. The van der Waals surface area contributed by atoms with E-state index in [4.69, 9.17) is 0 Å². The SMILES string of the molecule is CCCNC(CC(C)C)c1csc(I)c1. The largest absolute Gasteiger partial charge is 0.310 e. The van der Waals surface area contributed by atoms with Gasteiger partial charge in [0.15, 0.2) is 0 Å². The van der Waals surface area contributed by atoms with Crippen LogP contribution in [0.25, 0.3) is 0 Å². The van der Waals surface area contributed by atoms with E-state index in [0.29, 0.717) is 6.04 Å². The topological polar surface area (TPSA) is 12.0 Å². The van der Waals surface area contributed by atoms with E-state index in [1.807, 2.05) is 11.3 Å². The number of hydrogen-bond acceptors (Lipinski definition) is 2. The minimum Gasteiger partial charge on any atom is -0.310 e. The molecule has 0 radical (unpaired) electrons. The molecule has 1 rings (SSSR count). The second-order valence-electron chi connectivity index (χ2n) is 4.32. The molecule has 0 amide bonds. The van der Waals surface area contributed by atoms with Crippen molar-refractivity contribution in [2.45, 2.75) is 39.7 Å². The Balaban J connectivity index is 2.62. The van der Waals surface area contributed by atoms with Crippen LogP contribution in [0, 0.1) is 8.80 Å². The molecule has 0 saturated heterocycles. The van der Waals surface area contributed by atoms with E-state index >= 15 is 0 Å². The molecule has 1 aromatic heterocycles. The number of halogens is 1. The Hall–Kier alpha value is 0.390. The Labute approximate surface area is 111 Å². The molecule has 0 aliphatic carbocycles. The molecule has 1 N–H and O–H groups in total. The standard InChI is InChI=1S/C12H20INS/c1-4-5-14-11(6-9(2)3)10-7-12(13)15-8-10/h7-9,11,14H,4-6H2,1-3H3. The summed E-state index contributed by atoms with van der Waals surface area (Å²) in [5.41, 5.74) is 1.46. The number of thiophene rings is 1. The van der Waals surface area contributed by atoms with E-state index in [1.165, 1.54) is 21.3 Å². The second-order valence-corrected chi connectivity index (χ2v) is 7.13. The highest BCUT2D eigenvalue weighted by Gasteiger charge is 2.13. The van der Waals surface area contributed by atoms with E-state index in [9.17, 15) is 0 Å². The Morgan fingerprint density at radius 2 is 2.20 bits per heavy atom. The van der Waals surface area contributed by atoms with Gasteiger partial charge < -0.3 is 5.32 Å². The number of rotatable bonds is 6. The summed E-state index contributed by atoms with van der Waals surface area (Å²) in [6, 6.07) is 2.85. The molecule has 0 aliphatic rings. The lowest BCUT2D eigenvalue weighted by atomic mass is 9.99. The highest BCUT2D eigenvalue weighted by Crippen LogP contribution is 2.26. The zero-order chi connectivity index (χ0) is 11.3. The van der Waals surface area contributed by atoms with Crippen LogP contribution in [0.1, 0.15) is 45.2 Å². The fraction of sp³-hybridized carbons (Fsp3) is 0.667. The van der Waals surface area contributed by atoms with Gasteiger partial charge in [0.2, 0.25) is 0 Å². The van der Waals surface area contributed by atoms with Crippen molar-refractivity contribution in [2.75, 3.05) is 6.54 Å². The third kappa shape index (κ3) is 4.83. The maximum Gasteiger partial charge on any atom is 0.0656 e. The summed E-state index contributed by atoms with van der Waals surface area (Å²) >= 11 is 4.24. The van der Waals surface area contributed by atoms with Crippen molar-refractivity contribution < 1.29 is 0 Å². The predicted molar refractivity (Wildman–Crippen MR) is 77.5 cm³/mol. The molecule has 86 valence electrons. The molecule has 0 bridgehead atoms. The molecular formula is C12H20INS. The normalized spacial score (nSPS) is 13.4. The Morgan fingerprint density at radius 3 is 2.67 bits per heavy atom. The summed E-state index contributed by atoms with van der Waals surface area (Å²) in [4.78, 5) is 0. The lowest BCUT2D eigenvalue weighted by Gasteiger charge is -2.19. The third-order valence-corrected chi connectivity index (χ3v) is 4.15. The van der Waals surface area contributed by atoms with Gasteiger partial charge in [-0.25, -0.2) is 0 Å². The molecule has 0 saturated carbocycles. The first-order chi connectivity index (χ1) is 7.13. The fourth-order valence-electron chi connectivity index (χ4n) is 1.63. The smallest absolute Gasteiger partial charge is 0.0656 e. The maximum atomic E-state index is 3.63. The number of nitrogens with one attached hydrogen (secondary N) is 1. The Morgan fingerprint density at radius 1 is 1.47 bits per heavy atom. The van der Waals surface area contributed by atoms with Crippen LogP contribution in [0.15, 0.2) is 11.4 Å². The van der Waals surface area contributed by atoms with Gasteiger partial charge in [-0.3, -0.25) is 0 Å². The molecular weight excluding hydrogens is 317 g/mol. The second kappa shape index (κ2) is 6.86. The summed E-state index contributed by atoms with van der Waals surface area (Å²) in [6.45, 7) is 7.91. The highest BCUT2D eigenvalue weighted by atomic mass is 127. The van der Waals surface area contributed by atoms with Crippen LogP contribution in [0.4, 0.5) is 0 Å². The van der Waals surface area contributed by atoms with Crippen LogP contribution >= 0.6 is 33.9 Å². The van der Waals surface area contributed by atoms with Crippen molar-refractivity contribution in [1.29, 1.82) is 0 Å². The first kappa shape index (κ1) is 13.5. The minimum atomic E-state index is 0.546. The first-order valence-corrected chi connectivity index (χ1v) is 7.56. The first-order valence-electron chi connectivity index (χ1n) is 5.60. The van der Waals surface area contributed by atoms with Gasteiger partial charge in [0.1, 0.15) is 0 Å². The predicted octanol–water partition coefficient (Wildman–Crippen LogP) is 4.44. The molecule has 1 heterocycles. The summed E-state index contributed by atoms with van der Waals surface area (Å²) in [5, 5.41) is 5.92. The summed E-state index contributed by atoms with van der Waals surface area (Å²) in [7, 11) is 0. The van der Waals surface area contributed by atoms with Crippen LogP contribution in [0.5, 0.6) is 0 Å². The van der Waals surface area contributed by atoms with E-state index < -0.39 is 0 Å². The van der Waals surface area contributed by atoms with Crippen LogP contribution in [-0.4, -0.2) is 6.54 Å². The molecule has 3 heteroatoms. The van der Waals surface area contributed by atoms with E-state index in [2.05, 4.69) is 60.1 Å². The molecule has 0 aromatic carbocycles. The fourth-order valence-corrected chi connectivity index (χ4v) is 3.06. The van der Waals surface area contributed by atoms with Gasteiger partial charge in [-0.15, -0.1) is 11.3 Å². The van der Waals surface area contributed by atoms with E-state index in [-0.39, 0.29) is 0 Å². The average Bonchev–Trinajstić information content (AvgIpc) is 2.58. The monoisotopic (exact) mass is 337 g/mol. The van der Waals surface area contributed by atoms with Crippen LogP contribution < -0.4 is 5.32 Å². The molecule has 0 fully saturated rings. The molecule has 0 aliphatic heterocycles. The lowest BCUT2D eigenvalue weighted by molar-refractivity contribution is 0.431. The molecule has 0 spiro atoms. The summed E-state index contributed by atoms with van der Waals surface area (Å²) in [5.74, 6) is 0.747. The molecule has 1 unspecified atom stereocenters. The van der Waals surface area contributed by atoms with Gasteiger partial charge in [0.25, 0.3) is 0 Å². The van der Waals surface area contributed by atoms with E-state index in [0.717, 1.165) is 12.5 Å². The van der Waals surface area contributed by atoms with Gasteiger partial charge in [0.05, 0.1) is 2.88 Å². The molecule has 1 atom stereocenters. The number of hydrogen-bond donors (Lipinski definition) is 1. The summed E-state index contributed by atoms with van der Waals surface area (Å²) < 4.78 is 1.38.